The molecule has 0 bridgehead atoms. The van der Waals surface area contributed by atoms with Gasteiger partial charge in [0.1, 0.15) is 11.1 Å². The Morgan fingerprint density at radius 2 is 2.09 bits per heavy atom. The van der Waals surface area contributed by atoms with Crippen LogP contribution in [0.3, 0.4) is 0 Å². The standard InChI is InChI=1S/C17H21N3O2/c1-2-22-16(10-13-17(21)11-6-3-7-12-17)20-15-9-5-4-8-14(15)18-19-20/h4-5,8-9,16,21H,2-3,6-7,11-12H2,1H3. The SMILES string of the molecule is CCOC(C#CC1(O)CCCCC1)n1nnc2ccccc21. The molecular weight excluding hydrogens is 278 g/mol. The zero-order chi connectivity index (χ0) is 15.4. The molecule has 1 heterocycles. The minimum atomic E-state index is -0.885. The number of rotatable bonds is 3. The van der Waals surface area contributed by atoms with E-state index < -0.39 is 11.8 Å². The predicted molar refractivity (Wildman–Crippen MR) is 84.0 cm³/mol. The Hall–Kier alpha value is -1.90. The first kappa shape index (κ1) is 15.0. The number of aromatic nitrogens is 3. The highest BCUT2D eigenvalue weighted by molar-refractivity contribution is 5.74. The highest BCUT2D eigenvalue weighted by Crippen LogP contribution is 2.27. The van der Waals surface area contributed by atoms with Gasteiger partial charge in [0.15, 0.2) is 0 Å². The highest BCUT2D eigenvalue weighted by atomic mass is 16.5. The molecule has 1 aliphatic carbocycles. The maximum atomic E-state index is 10.5. The minimum Gasteiger partial charge on any atom is -0.378 e. The first-order valence-electron chi connectivity index (χ1n) is 7.88. The summed E-state index contributed by atoms with van der Waals surface area (Å²) in [6.45, 7) is 2.44. The lowest BCUT2D eigenvalue weighted by Gasteiger charge is -2.26. The lowest BCUT2D eigenvalue weighted by molar-refractivity contribution is 0.0422. The molecule has 116 valence electrons. The number of aliphatic hydroxyl groups is 1. The number of para-hydroxylation sites is 1. The maximum Gasteiger partial charge on any atom is 0.215 e. The number of nitrogens with zero attached hydrogens (tertiary/aromatic N) is 3. The summed E-state index contributed by atoms with van der Waals surface area (Å²) < 4.78 is 7.38. The topological polar surface area (TPSA) is 60.2 Å². The zero-order valence-corrected chi connectivity index (χ0v) is 12.8. The molecule has 1 aromatic heterocycles. The molecular formula is C17H21N3O2. The van der Waals surface area contributed by atoms with E-state index in [0.717, 1.165) is 36.7 Å². The lowest BCUT2D eigenvalue weighted by Crippen LogP contribution is -2.29. The smallest absolute Gasteiger partial charge is 0.215 e. The highest BCUT2D eigenvalue weighted by Gasteiger charge is 2.27. The van der Waals surface area contributed by atoms with Crippen molar-refractivity contribution in [1.82, 2.24) is 15.0 Å². The van der Waals surface area contributed by atoms with Crippen molar-refractivity contribution in [3.05, 3.63) is 24.3 Å². The molecule has 0 radical (unpaired) electrons. The normalized spacial score (nSPS) is 18.6. The second-order valence-corrected chi connectivity index (χ2v) is 5.69. The van der Waals surface area contributed by atoms with Gasteiger partial charge >= 0.3 is 0 Å². The van der Waals surface area contributed by atoms with Crippen molar-refractivity contribution >= 4 is 11.0 Å². The molecule has 0 amide bonds. The zero-order valence-electron chi connectivity index (χ0n) is 12.8. The average molecular weight is 299 g/mol. The van der Waals surface area contributed by atoms with Crippen LogP contribution in [0, 0.1) is 11.8 Å². The van der Waals surface area contributed by atoms with Crippen molar-refractivity contribution in [3.8, 4) is 11.8 Å². The van der Waals surface area contributed by atoms with Gasteiger partial charge in [-0.2, -0.15) is 0 Å². The molecule has 1 aromatic carbocycles. The summed E-state index contributed by atoms with van der Waals surface area (Å²) in [6.07, 6.45) is 4.16. The van der Waals surface area contributed by atoms with Crippen molar-refractivity contribution in [2.45, 2.75) is 50.9 Å². The molecule has 1 atom stereocenters. The van der Waals surface area contributed by atoms with Crippen LogP contribution in [0.2, 0.25) is 0 Å². The Balaban J connectivity index is 1.90. The molecule has 1 saturated carbocycles. The van der Waals surface area contributed by atoms with Crippen LogP contribution in [0.5, 0.6) is 0 Å². The second-order valence-electron chi connectivity index (χ2n) is 5.69. The largest absolute Gasteiger partial charge is 0.378 e. The van der Waals surface area contributed by atoms with Crippen LogP contribution in [0.25, 0.3) is 11.0 Å². The number of benzene rings is 1. The molecule has 3 rings (SSSR count). The van der Waals surface area contributed by atoms with Crippen molar-refractivity contribution < 1.29 is 9.84 Å². The summed E-state index contributed by atoms with van der Waals surface area (Å²) in [6, 6.07) is 7.71. The Morgan fingerprint density at radius 1 is 1.32 bits per heavy atom. The summed E-state index contributed by atoms with van der Waals surface area (Å²) in [5.74, 6) is 6.09. The molecule has 0 aliphatic heterocycles. The molecule has 1 fully saturated rings. The second kappa shape index (κ2) is 6.47. The summed E-state index contributed by atoms with van der Waals surface area (Å²) >= 11 is 0. The fourth-order valence-electron chi connectivity index (χ4n) is 2.85. The van der Waals surface area contributed by atoms with Crippen molar-refractivity contribution in [3.63, 3.8) is 0 Å². The third-order valence-corrected chi connectivity index (χ3v) is 4.03. The molecule has 2 aromatic rings. The summed E-state index contributed by atoms with van der Waals surface area (Å²) in [5, 5.41) is 18.8. The number of hydrogen-bond donors (Lipinski definition) is 1. The quantitative estimate of drug-likeness (QED) is 0.885. The van der Waals surface area contributed by atoms with Crippen molar-refractivity contribution in [2.75, 3.05) is 6.61 Å². The fraction of sp³-hybridized carbons (Fsp3) is 0.529. The van der Waals surface area contributed by atoms with E-state index in [9.17, 15) is 5.11 Å². The molecule has 5 nitrogen and oxygen atoms in total. The summed E-state index contributed by atoms with van der Waals surface area (Å²) in [4.78, 5) is 0. The Kier molecular flexibility index (Phi) is 4.41. The predicted octanol–water partition coefficient (Wildman–Crippen LogP) is 2.67. The summed E-state index contributed by atoms with van der Waals surface area (Å²) in [5.41, 5.74) is 0.806. The molecule has 1 aliphatic rings. The molecule has 5 heteroatoms. The fourth-order valence-corrected chi connectivity index (χ4v) is 2.85. The van der Waals surface area contributed by atoms with Gasteiger partial charge in [-0.05, 0) is 50.7 Å². The van der Waals surface area contributed by atoms with Gasteiger partial charge in [-0.1, -0.05) is 29.7 Å². The van der Waals surface area contributed by atoms with Crippen LogP contribution < -0.4 is 0 Å². The minimum absolute atomic E-state index is 0.520. The van der Waals surface area contributed by atoms with Gasteiger partial charge in [0.25, 0.3) is 0 Å². The van der Waals surface area contributed by atoms with Gasteiger partial charge in [-0.3, -0.25) is 0 Å². The van der Waals surface area contributed by atoms with Gasteiger partial charge in [0, 0.05) is 6.61 Å². The van der Waals surface area contributed by atoms with Gasteiger partial charge < -0.3 is 9.84 Å². The van der Waals surface area contributed by atoms with E-state index in [1.54, 1.807) is 4.68 Å². The molecule has 0 saturated heterocycles. The first-order chi connectivity index (χ1) is 10.7. The van der Waals surface area contributed by atoms with E-state index in [-0.39, 0.29) is 0 Å². The van der Waals surface area contributed by atoms with Crippen LogP contribution in [-0.2, 0) is 4.74 Å². The van der Waals surface area contributed by atoms with Crippen molar-refractivity contribution in [1.29, 1.82) is 0 Å². The molecule has 0 spiro atoms. The van der Waals surface area contributed by atoms with Crippen LogP contribution in [0.1, 0.15) is 45.3 Å². The van der Waals surface area contributed by atoms with Gasteiger partial charge in [0.2, 0.25) is 6.23 Å². The Morgan fingerprint density at radius 3 is 2.86 bits per heavy atom. The monoisotopic (exact) mass is 299 g/mol. The molecule has 1 unspecified atom stereocenters. The average Bonchev–Trinajstić information content (AvgIpc) is 2.96. The summed E-state index contributed by atoms with van der Waals surface area (Å²) in [7, 11) is 0. The van der Waals surface area contributed by atoms with Crippen molar-refractivity contribution in [2.24, 2.45) is 0 Å². The van der Waals surface area contributed by atoms with Gasteiger partial charge in [0.05, 0.1) is 5.52 Å². The first-order valence-corrected chi connectivity index (χ1v) is 7.88. The van der Waals surface area contributed by atoms with E-state index in [1.807, 2.05) is 31.2 Å². The van der Waals surface area contributed by atoms with Crippen LogP contribution >= 0.6 is 0 Å². The van der Waals surface area contributed by atoms with Gasteiger partial charge in [-0.25, -0.2) is 4.68 Å². The molecule has 1 N–H and O–H groups in total. The lowest BCUT2D eigenvalue weighted by atomic mass is 9.85. The van der Waals surface area contributed by atoms with Crippen LogP contribution in [0.15, 0.2) is 24.3 Å². The van der Waals surface area contributed by atoms with Gasteiger partial charge in [-0.15, -0.1) is 5.10 Å². The van der Waals surface area contributed by atoms with E-state index in [0.29, 0.717) is 6.61 Å². The Labute approximate surface area is 130 Å². The third-order valence-electron chi connectivity index (χ3n) is 4.03. The van der Waals surface area contributed by atoms with E-state index in [2.05, 4.69) is 22.2 Å². The Bertz CT molecular complexity index is 692. The van der Waals surface area contributed by atoms with Crippen LogP contribution in [0.4, 0.5) is 0 Å². The van der Waals surface area contributed by atoms with E-state index in [1.165, 1.54) is 6.42 Å². The number of ether oxygens (including phenoxy) is 1. The van der Waals surface area contributed by atoms with E-state index >= 15 is 0 Å². The van der Waals surface area contributed by atoms with Crippen LogP contribution in [-0.4, -0.2) is 32.3 Å². The third kappa shape index (κ3) is 3.13. The molecule has 22 heavy (non-hydrogen) atoms. The maximum absolute atomic E-state index is 10.5. The van der Waals surface area contributed by atoms with E-state index in [4.69, 9.17) is 4.74 Å². The number of hydrogen-bond acceptors (Lipinski definition) is 4. The number of fused-ring (bicyclic) bond motifs is 1.